The Morgan fingerprint density at radius 3 is 2.68 bits per heavy atom. The van der Waals surface area contributed by atoms with E-state index < -0.39 is 0 Å². The first-order valence-electron chi connectivity index (χ1n) is 7.21. The predicted octanol–water partition coefficient (Wildman–Crippen LogP) is 5.94. The fourth-order valence-electron chi connectivity index (χ4n) is 2.34. The Bertz CT molecular complexity index is 849. The summed E-state index contributed by atoms with van der Waals surface area (Å²) in [6.45, 7) is 6.30. The number of benzene rings is 1. The summed E-state index contributed by atoms with van der Waals surface area (Å²) in [7, 11) is 0. The average molecular weight is 357 g/mol. The van der Waals surface area contributed by atoms with Crippen LogP contribution in [-0.4, -0.2) is 9.38 Å². The van der Waals surface area contributed by atoms with Gasteiger partial charge in [-0.2, -0.15) is 0 Å². The van der Waals surface area contributed by atoms with Gasteiger partial charge in [0.2, 0.25) is 0 Å². The number of imidazole rings is 1. The highest BCUT2D eigenvalue weighted by Gasteiger charge is 2.15. The number of aromatic nitrogens is 2. The lowest BCUT2D eigenvalue weighted by Gasteiger charge is -2.01. The molecule has 2 aromatic heterocycles. The Morgan fingerprint density at radius 1 is 1.14 bits per heavy atom. The Labute approximate surface area is 138 Å². The van der Waals surface area contributed by atoms with Gasteiger partial charge in [0.25, 0.3) is 0 Å². The molecule has 0 bridgehead atoms. The summed E-state index contributed by atoms with van der Waals surface area (Å²) in [6.07, 6.45) is 1.98. The van der Waals surface area contributed by atoms with Gasteiger partial charge in [0.15, 0.2) is 5.82 Å². The number of azo groups is 1. The number of halogens is 1. The molecule has 2 heterocycles. The Balaban J connectivity index is 2.13. The van der Waals surface area contributed by atoms with Gasteiger partial charge >= 0.3 is 0 Å². The molecule has 0 saturated carbocycles. The lowest BCUT2D eigenvalue weighted by molar-refractivity contribution is 0.831. The average Bonchev–Trinajstić information content (AvgIpc) is 2.86. The maximum absolute atomic E-state index is 4.74. The lowest BCUT2D eigenvalue weighted by Crippen LogP contribution is -1.87. The lowest BCUT2D eigenvalue weighted by atomic mass is 10.1. The van der Waals surface area contributed by atoms with Crippen molar-refractivity contribution < 1.29 is 0 Å². The van der Waals surface area contributed by atoms with Crippen molar-refractivity contribution in [1.29, 1.82) is 0 Å². The standard InChI is InChI=1S/C17H17BrN4/c1-11(2)15-17(21-20-14-8-4-7-13(18)10-14)22-9-5-6-12(3)16(22)19-15/h4-11H,1-3H3. The molecule has 4 nitrogen and oxygen atoms in total. The largest absolute Gasteiger partial charge is 0.283 e. The molecule has 0 N–H and O–H groups in total. The monoisotopic (exact) mass is 356 g/mol. The summed E-state index contributed by atoms with van der Waals surface area (Å²) >= 11 is 3.45. The first kappa shape index (κ1) is 14.9. The second-order valence-corrected chi connectivity index (χ2v) is 6.46. The van der Waals surface area contributed by atoms with E-state index in [1.165, 1.54) is 0 Å². The summed E-state index contributed by atoms with van der Waals surface area (Å²) in [5.41, 5.74) is 3.85. The number of fused-ring (bicyclic) bond motifs is 1. The van der Waals surface area contributed by atoms with E-state index in [1.807, 2.05) is 40.9 Å². The Hall–Kier alpha value is -2.01. The minimum absolute atomic E-state index is 0.288. The maximum atomic E-state index is 4.74. The third-order valence-electron chi connectivity index (χ3n) is 3.46. The van der Waals surface area contributed by atoms with Crippen LogP contribution in [-0.2, 0) is 0 Å². The minimum Gasteiger partial charge on any atom is -0.283 e. The Kier molecular flexibility index (Phi) is 4.07. The van der Waals surface area contributed by atoms with E-state index in [0.717, 1.165) is 32.9 Å². The van der Waals surface area contributed by atoms with Crippen molar-refractivity contribution in [3.05, 3.63) is 58.3 Å². The first-order chi connectivity index (χ1) is 10.6. The van der Waals surface area contributed by atoms with Gasteiger partial charge in [-0.15, -0.1) is 10.2 Å². The molecule has 0 aliphatic rings. The third-order valence-corrected chi connectivity index (χ3v) is 3.95. The molecular weight excluding hydrogens is 340 g/mol. The summed E-state index contributed by atoms with van der Waals surface area (Å²) in [5, 5.41) is 8.84. The molecule has 1 aromatic carbocycles. The van der Waals surface area contributed by atoms with Crippen molar-refractivity contribution in [2.45, 2.75) is 26.7 Å². The van der Waals surface area contributed by atoms with Crippen molar-refractivity contribution in [3.8, 4) is 0 Å². The molecule has 0 radical (unpaired) electrons. The molecule has 0 aliphatic carbocycles. The van der Waals surface area contributed by atoms with Gasteiger partial charge in [0, 0.05) is 10.7 Å². The van der Waals surface area contributed by atoms with Crippen molar-refractivity contribution in [2.24, 2.45) is 10.2 Å². The van der Waals surface area contributed by atoms with Crippen LogP contribution in [0.15, 0.2) is 57.3 Å². The zero-order valence-electron chi connectivity index (χ0n) is 12.8. The van der Waals surface area contributed by atoms with Crippen molar-refractivity contribution in [2.75, 3.05) is 0 Å². The van der Waals surface area contributed by atoms with Crippen LogP contribution >= 0.6 is 15.9 Å². The van der Waals surface area contributed by atoms with Crippen LogP contribution in [0.5, 0.6) is 0 Å². The second-order valence-electron chi connectivity index (χ2n) is 5.54. The summed E-state index contributed by atoms with van der Waals surface area (Å²) in [4.78, 5) is 4.74. The van der Waals surface area contributed by atoms with Crippen LogP contribution in [0.3, 0.4) is 0 Å². The van der Waals surface area contributed by atoms with Gasteiger partial charge in [0.05, 0.1) is 11.4 Å². The number of hydrogen-bond acceptors (Lipinski definition) is 3. The van der Waals surface area contributed by atoms with Gasteiger partial charge in [0.1, 0.15) is 5.65 Å². The highest BCUT2D eigenvalue weighted by Crippen LogP contribution is 2.30. The van der Waals surface area contributed by atoms with Crippen molar-refractivity contribution >= 4 is 33.1 Å². The van der Waals surface area contributed by atoms with Crippen LogP contribution < -0.4 is 0 Å². The summed E-state index contributed by atoms with van der Waals surface area (Å²) in [5.74, 6) is 1.09. The summed E-state index contributed by atoms with van der Waals surface area (Å²) in [6, 6.07) is 11.8. The number of aryl methyl sites for hydroxylation is 1. The predicted molar refractivity (Wildman–Crippen MR) is 92.3 cm³/mol. The van der Waals surface area contributed by atoms with E-state index >= 15 is 0 Å². The quantitative estimate of drug-likeness (QED) is 0.535. The molecule has 0 fully saturated rings. The highest BCUT2D eigenvalue weighted by atomic mass is 79.9. The third kappa shape index (κ3) is 2.81. The van der Waals surface area contributed by atoms with Gasteiger partial charge in [-0.3, -0.25) is 4.40 Å². The fourth-order valence-corrected chi connectivity index (χ4v) is 2.73. The zero-order valence-corrected chi connectivity index (χ0v) is 14.4. The SMILES string of the molecule is Cc1cccn2c(N=Nc3cccc(Br)c3)c(C(C)C)nc12. The molecule has 0 unspecified atom stereocenters. The number of pyridine rings is 1. The topological polar surface area (TPSA) is 42.0 Å². The molecule has 0 aliphatic heterocycles. The van der Waals surface area contributed by atoms with Gasteiger partial charge < -0.3 is 0 Å². The molecule has 0 amide bonds. The van der Waals surface area contributed by atoms with Crippen molar-refractivity contribution in [3.63, 3.8) is 0 Å². The van der Waals surface area contributed by atoms with E-state index in [1.54, 1.807) is 0 Å². The molecule has 22 heavy (non-hydrogen) atoms. The smallest absolute Gasteiger partial charge is 0.183 e. The molecular formula is C17H17BrN4. The van der Waals surface area contributed by atoms with Crippen LogP contribution in [0.25, 0.3) is 5.65 Å². The van der Waals surface area contributed by atoms with Gasteiger partial charge in [-0.05, 0) is 42.7 Å². The summed E-state index contributed by atoms with van der Waals surface area (Å²) < 4.78 is 2.99. The van der Waals surface area contributed by atoms with Crippen molar-refractivity contribution in [1.82, 2.24) is 9.38 Å². The van der Waals surface area contributed by atoms with Crippen LogP contribution in [0.4, 0.5) is 11.5 Å². The maximum Gasteiger partial charge on any atom is 0.183 e. The number of nitrogens with zero attached hydrogens (tertiary/aromatic N) is 4. The molecule has 5 heteroatoms. The molecule has 3 rings (SSSR count). The van der Waals surface area contributed by atoms with E-state index in [-0.39, 0.29) is 5.92 Å². The molecule has 112 valence electrons. The van der Waals surface area contributed by atoms with Crippen LogP contribution in [0, 0.1) is 6.92 Å². The molecule has 3 aromatic rings. The number of rotatable bonds is 3. The first-order valence-corrected chi connectivity index (χ1v) is 8.00. The highest BCUT2D eigenvalue weighted by molar-refractivity contribution is 9.10. The van der Waals surface area contributed by atoms with E-state index in [9.17, 15) is 0 Å². The van der Waals surface area contributed by atoms with E-state index in [4.69, 9.17) is 4.98 Å². The van der Waals surface area contributed by atoms with Gasteiger partial charge in [-0.25, -0.2) is 4.98 Å². The molecule has 0 spiro atoms. The molecule has 0 saturated heterocycles. The van der Waals surface area contributed by atoms with Crippen LogP contribution in [0.1, 0.15) is 31.0 Å². The fraction of sp³-hybridized carbons (Fsp3) is 0.235. The zero-order chi connectivity index (χ0) is 15.7. The normalized spacial score (nSPS) is 11.9. The van der Waals surface area contributed by atoms with Crippen LogP contribution in [0.2, 0.25) is 0 Å². The number of hydrogen-bond donors (Lipinski definition) is 0. The molecule has 0 atom stereocenters. The Morgan fingerprint density at radius 2 is 1.95 bits per heavy atom. The van der Waals surface area contributed by atoms with Gasteiger partial charge in [-0.1, -0.05) is 41.9 Å². The second kappa shape index (κ2) is 6.01. The minimum atomic E-state index is 0.288. The van der Waals surface area contributed by atoms with E-state index in [2.05, 4.69) is 53.0 Å². The van der Waals surface area contributed by atoms with E-state index in [0.29, 0.717) is 0 Å².